The third-order valence-electron chi connectivity index (χ3n) is 2.91. The van der Waals surface area contributed by atoms with Crippen molar-refractivity contribution >= 4 is 11.9 Å². The van der Waals surface area contributed by atoms with Gasteiger partial charge in [-0.15, -0.1) is 5.10 Å². The molecule has 1 aliphatic heterocycles. The summed E-state index contributed by atoms with van der Waals surface area (Å²) in [4.78, 5) is 17.8. The third kappa shape index (κ3) is 2.38. The van der Waals surface area contributed by atoms with Crippen molar-refractivity contribution in [3.8, 4) is 0 Å². The summed E-state index contributed by atoms with van der Waals surface area (Å²) in [5.74, 6) is 0.106. The Hall–Kier alpha value is -1.63. The van der Waals surface area contributed by atoms with Crippen LogP contribution in [0.3, 0.4) is 0 Å². The molecule has 0 radical (unpaired) electrons. The number of morpholine rings is 1. The van der Waals surface area contributed by atoms with Gasteiger partial charge in [0.1, 0.15) is 0 Å². The highest BCUT2D eigenvalue weighted by atomic mass is 16.5. The summed E-state index contributed by atoms with van der Waals surface area (Å²) in [5, 5.41) is 6.21. The van der Waals surface area contributed by atoms with Crippen molar-refractivity contribution in [2.45, 2.75) is 32.4 Å². The fourth-order valence-electron chi connectivity index (χ4n) is 1.94. The Kier molecular flexibility index (Phi) is 3.28. The number of rotatable bonds is 2. The smallest absolute Gasteiger partial charge is 0.291 e. The number of aromatic amines is 1. The average Bonchev–Trinajstić information content (AvgIpc) is 2.75. The van der Waals surface area contributed by atoms with Crippen molar-refractivity contribution in [1.82, 2.24) is 20.1 Å². The molecule has 1 fully saturated rings. The van der Waals surface area contributed by atoms with Crippen LogP contribution in [0.4, 0.5) is 5.95 Å². The maximum absolute atomic E-state index is 12.2. The van der Waals surface area contributed by atoms with Crippen LogP contribution in [0.15, 0.2) is 0 Å². The summed E-state index contributed by atoms with van der Waals surface area (Å²) in [7, 11) is 0. The Balaban J connectivity index is 2.16. The summed E-state index contributed by atoms with van der Waals surface area (Å²) in [5.41, 5.74) is 5.39. The molecule has 2 rings (SSSR count). The summed E-state index contributed by atoms with van der Waals surface area (Å²) in [6.07, 6.45) is 0.893. The number of nitrogens with one attached hydrogen (secondary N) is 1. The molecule has 2 unspecified atom stereocenters. The highest BCUT2D eigenvalue weighted by Crippen LogP contribution is 2.16. The zero-order valence-electron chi connectivity index (χ0n) is 10.0. The molecule has 94 valence electrons. The largest absolute Gasteiger partial charge is 0.375 e. The second-order valence-corrected chi connectivity index (χ2v) is 4.21. The van der Waals surface area contributed by atoms with E-state index >= 15 is 0 Å². The Morgan fingerprint density at radius 3 is 3.06 bits per heavy atom. The molecule has 3 N–H and O–H groups in total. The van der Waals surface area contributed by atoms with Gasteiger partial charge in [-0.3, -0.25) is 9.89 Å². The second-order valence-electron chi connectivity index (χ2n) is 4.21. The number of nitrogen functional groups attached to an aromatic ring is 1. The topological polar surface area (TPSA) is 97.1 Å². The standard InChI is InChI=1S/C10H17N5O2/c1-3-7-5-17-6(2)4-15(7)9(16)8-12-10(11)14-13-8/h6-7H,3-5H2,1-2H3,(H3,11,12,13,14). The van der Waals surface area contributed by atoms with Crippen LogP contribution in [0.25, 0.3) is 0 Å². The maximum Gasteiger partial charge on any atom is 0.291 e. The number of nitrogens with two attached hydrogens (primary N) is 1. The number of H-pyrrole nitrogens is 1. The van der Waals surface area contributed by atoms with Crippen LogP contribution in [0, 0.1) is 0 Å². The molecule has 1 aromatic heterocycles. The van der Waals surface area contributed by atoms with Gasteiger partial charge in [0.15, 0.2) is 0 Å². The lowest BCUT2D eigenvalue weighted by Gasteiger charge is -2.37. The number of nitrogens with zero attached hydrogens (tertiary/aromatic N) is 3. The number of hydrogen-bond acceptors (Lipinski definition) is 5. The van der Waals surface area contributed by atoms with Crippen LogP contribution in [-0.2, 0) is 4.74 Å². The molecule has 17 heavy (non-hydrogen) atoms. The molecule has 2 heterocycles. The minimum absolute atomic E-state index is 0.0435. The van der Waals surface area contributed by atoms with Gasteiger partial charge in [-0.1, -0.05) is 6.92 Å². The molecule has 0 saturated carbocycles. The molecule has 1 amide bonds. The normalized spacial score (nSPS) is 24.9. The molecule has 1 saturated heterocycles. The highest BCUT2D eigenvalue weighted by molar-refractivity contribution is 5.91. The van der Waals surface area contributed by atoms with Gasteiger partial charge in [-0.25, -0.2) is 0 Å². The van der Waals surface area contributed by atoms with E-state index in [0.29, 0.717) is 13.2 Å². The summed E-state index contributed by atoms with van der Waals surface area (Å²) < 4.78 is 5.54. The number of carbonyl (C=O) groups is 1. The van der Waals surface area contributed by atoms with Crippen molar-refractivity contribution in [2.24, 2.45) is 0 Å². The number of carbonyl (C=O) groups excluding carboxylic acids is 1. The fraction of sp³-hybridized carbons (Fsp3) is 0.700. The van der Waals surface area contributed by atoms with Gasteiger partial charge in [-0.2, -0.15) is 4.98 Å². The number of anilines is 1. The molecule has 0 spiro atoms. The third-order valence-corrected chi connectivity index (χ3v) is 2.91. The van der Waals surface area contributed by atoms with Crippen LogP contribution in [0.5, 0.6) is 0 Å². The van der Waals surface area contributed by atoms with Crippen LogP contribution in [0.2, 0.25) is 0 Å². The minimum atomic E-state index is -0.170. The Labute approximate surface area is 99.3 Å². The zero-order chi connectivity index (χ0) is 12.4. The number of aromatic nitrogens is 3. The first kappa shape index (κ1) is 11.8. The van der Waals surface area contributed by atoms with Crippen molar-refractivity contribution in [3.63, 3.8) is 0 Å². The van der Waals surface area contributed by atoms with Gasteiger partial charge in [0.2, 0.25) is 11.8 Å². The lowest BCUT2D eigenvalue weighted by atomic mass is 10.1. The molecule has 1 aromatic rings. The van der Waals surface area contributed by atoms with Crippen LogP contribution >= 0.6 is 0 Å². The van der Waals surface area contributed by atoms with E-state index in [1.165, 1.54) is 0 Å². The van der Waals surface area contributed by atoms with Gasteiger partial charge in [0.25, 0.3) is 5.91 Å². The van der Waals surface area contributed by atoms with Gasteiger partial charge in [-0.05, 0) is 13.3 Å². The van der Waals surface area contributed by atoms with E-state index in [1.807, 2.05) is 13.8 Å². The minimum Gasteiger partial charge on any atom is -0.375 e. The molecule has 0 bridgehead atoms. The van der Waals surface area contributed by atoms with E-state index in [0.717, 1.165) is 6.42 Å². The predicted octanol–water partition coefficient (Wildman–Crippen LogP) is 0.0264. The Morgan fingerprint density at radius 2 is 2.47 bits per heavy atom. The van der Waals surface area contributed by atoms with E-state index < -0.39 is 0 Å². The van der Waals surface area contributed by atoms with Gasteiger partial charge in [0, 0.05) is 6.54 Å². The zero-order valence-corrected chi connectivity index (χ0v) is 10.0. The number of hydrogen-bond donors (Lipinski definition) is 2. The van der Waals surface area contributed by atoms with Crippen LogP contribution in [-0.4, -0.2) is 51.3 Å². The van der Waals surface area contributed by atoms with Crippen molar-refractivity contribution in [3.05, 3.63) is 5.82 Å². The van der Waals surface area contributed by atoms with Crippen LogP contribution in [0.1, 0.15) is 30.9 Å². The molecule has 0 aromatic carbocycles. The van der Waals surface area contributed by atoms with E-state index in [9.17, 15) is 4.79 Å². The first-order valence-electron chi connectivity index (χ1n) is 5.72. The molecular formula is C10H17N5O2. The fourth-order valence-corrected chi connectivity index (χ4v) is 1.94. The maximum atomic E-state index is 12.2. The Bertz CT molecular complexity index is 405. The first-order valence-corrected chi connectivity index (χ1v) is 5.72. The lowest BCUT2D eigenvalue weighted by Crippen LogP contribution is -2.51. The van der Waals surface area contributed by atoms with Crippen molar-refractivity contribution in [1.29, 1.82) is 0 Å². The van der Waals surface area contributed by atoms with E-state index in [-0.39, 0.29) is 29.8 Å². The summed E-state index contributed by atoms with van der Waals surface area (Å²) in [6, 6.07) is 0.0880. The van der Waals surface area contributed by atoms with E-state index in [4.69, 9.17) is 10.5 Å². The molecular weight excluding hydrogens is 222 g/mol. The van der Waals surface area contributed by atoms with Gasteiger partial charge in [0.05, 0.1) is 18.8 Å². The van der Waals surface area contributed by atoms with Gasteiger partial charge < -0.3 is 15.4 Å². The van der Waals surface area contributed by atoms with E-state index in [2.05, 4.69) is 15.2 Å². The predicted molar refractivity (Wildman–Crippen MR) is 61.3 cm³/mol. The number of ether oxygens (including phenoxy) is 1. The summed E-state index contributed by atoms with van der Waals surface area (Å²) >= 11 is 0. The monoisotopic (exact) mass is 239 g/mol. The molecule has 7 nitrogen and oxygen atoms in total. The number of amides is 1. The van der Waals surface area contributed by atoms with Crippen molar-refractivity contribution in [2.75, 3.05) is 18.9 Å². The average molecular weight is 239 g/mol. The lowest BCUT2D eigenvalue weighted by molar-refractivity contribution is -0.0447. The first-order chi connectivity index (χ1) is 8.11. The SMILES string of the molecule is CCC1COC(C)CN1C(=O)c1nc(N)n[nH]1. The quantitative estimate of drug-likeness (QED) is 0.758. The van der Waals surface area contributed by atoms with E-state index in [1.54, 1.807) is 4.90 Å². The Morgan fingerprint density at radius 1 is 1.71 bits per heavy atom. The second kappa shape index (κ2) is 4.70. The van der Waals surface area contributed by atoms with Crippen LogP contribution < -0.4 is 5.73 Å². The van der Waals surface area contributed by atoms with Gasteiger partial charge >= 0.3 is 0 Å². The molecule has 1 aliphatic rings. The highest BCUT2D eigenvalue weighted by Gasteiger charge is 2.31. The van der Waals surface area contributed by atoms with Crippen molar-refractivity contribution < 1.29 is 9.53 Å². The molecule has 7 heteroatoms. The molecule has 0 aliphatic carbocycles. The molecule has 2 atom stereocenters. The summed E-state index contributed by atoms with van der Waals surface area (Å²) in [6.45, 7) is 5.10.